The fraction of sp³-hybridized carbons (Fsp3) is 0.700. The minimum absolute atomic E-state index is 0.0391. The van der Waals surface area contributed by atoms with Crippen LogP contribution in [0.2, 0.25) is 0 Å². The van der Waals surface area contributed by atoms with Gasteiger partial charge in [-0.2, -0.15) is 9.40 Å². The van der Waals surface area contributed by atoms with Crippen LogP contribution in [-0.2, 0) is 16.6 Å². The number of rotatable bonds is 4. The number of sulfonamides is 1. The maximum Gasteiger partial charge on any atom is 0.246 e. The summed E-state index contributed by atoms with van der Waals surface area (Å²) in [4.78, 5) is 0.0391. The monoisotopic (exact) mass is 277 g/mol. The van der Waals surface area contributed by atoms with Crippen molar-refractivity contribution in [3.63, 3.8) is 0 Å². The minimum atomic E-state index is -3.75. The van der Waals surface area contributed by atoms with Crippen LogP contribution in [0.1, 0.15) is 13.3 Å². The van der Waals surface area contributed by atoms with E-state index >= 15 is 0 Å². The molecule has 0 spiro atoms. The molecule has 8 heteroatoms. The summed E-state index contributed by atoms with van der Waals surface area (Å²) in [6.07, 6.45) is 0.756. The maximum absolute atomic E-state index is 13.2. The van der Waals surface area contributed by atoms with Gasteiger partial charge in [0.05, 0.1) is 6.20 Å². The molecule has 1 aliphatic heterocycles. The van der Waals surface area contributed by atoms with E-state index in [2.05, 4.69) is 5.10 Å². The molecule has 1 fully saturated rings. The highest BCUT2D eigenvalue weighted by molar-refractivity contribution is 7.89. The first-order chi connectivity index (χ1) is 8.45. The molecule has 0 aliphatic carbocycles. The summed E-state index contributed by atoms with van der Waals surface area (Å²) in [5.74, 6) is 0. The third-order valence-corrected chi connectivity index (χ3v) is 4.67. The molecule has 0 aromatic carbocycles. The van der Waals surface area contributed by atoms with E-state index in [1.807, 2.05) is 6.92 Å². The second kappa shape index (κ2) is 4.94. The smallest absolute Gasteiger partial charge is 0.246 e. The number of aliphatic hydroxyl groups excluding tert-OH is 1. The maximum atomic E-state index is 13.2. The highest BCUT2D eigenvalue weighted by Gasteiger charge is 2.39. The van der Waals surface area contributed by atoms with Gasteiger partial charge in [-0.1, -0.05) is 6.92 Å². The van der Waals surface area contributed by atoms with Crippen molar-refractivity contribution in [2.45, 2.75) is 37.1 Å². The first kappa shape index (κ1) is 13.4. The predicted octanol–water partition coefficient (Wildman–Crippen LogP) is -0.00360. The van der Waals surface area contributed by atoms with Gasteiger partial charge < -0.3 is 5.11 Å². The number of nitrogens with zero attached hydrogens (tertiary/aromatic N) is 3. The lowest BCUT2D eigenvalue weighted by Crippen LogP contribution is -2.29. The lowest BCUT2D eigenvalue weighted by molar-refractivity contribution is 0.117. The first-order valence-corrected chi connectivity index (χ1v) is 7.24. The van der Waals surface area contributed by atoms with Gasteiger partial charge in [0, 0.05) is 25.8 Å². The molecular formula is C10H16FN3O3S. The van der Waals surface area contributed by atoms with Gasteiger partial charge in [0.25, 0.3) is 0 Å². The van der Waals surface area contributed by atoms with Gasteiger partial charge in [-0.25, -0.2) is 12.8 Å². The summed E-state index contributed by atoms with van der Waals surface area (Å²) in [5, 5.41) is 13.2. The van der Waals surface area contributed by atoms with Crippen LogP contribution in [0.5, 0.6) is 0 Å². The number of hydrogen-bond donors (Lipinski definition) is 1. The second-order valence-corrected chi connectivity index (χ2v) is 6.28. The molecule has 18 heavy (non-hydrogen) atoms. The standard InChI is InChI=1S/C10H16FN3O3S/c1-2-3-13-5-8(4-12-13)18(16,17)14-6-9(11)10(15)7-14/h4-5,9-10,15H,2-3,6-7H2,1H3/t9-,10-/m1/s1. The average Bonchev–Trinajstić information content (AvgIpc) is 2.88. The molecule has 0 unspecified atom stereocenters. The molecule has 6 nitrogen and oxygen atoms in total. The van der Waals surface area contributed by atoms with Crippen LogP contribution < -0.4 is 0 Å². The number of aromatic nitrogens is 2. The molecule has 2 heterocycles. The Bertz CT molecular complexity index is 506. The van der Waals surface area contributed by atoms with E-state index in [1.165, 1.54) is 17.1 Å². The van der Waals surface area contributed by atoms with E-state index in [-0.39, 0.29) is 18.0 Å². The second-order valence-electron chi connectivity index (χ2n) is 4.34. The Morgan fingerprint density at radius 1 is 1.56 bits per heavy atom. The summed E-state index contributed by atoms with van der Waals surface area (Å²) >= 11 is 0. The van der Waals surface area contributed by atoms with Crippen molar-refractivity contribution in [1.82, 2.24) is 14.1 Å². The van der Waals surface area contributed by atoms with Gasteiger partial charge in [-0.05, 0) is 6.42 Å². The number of alkyl halides is 1. The summed E-state index contributed by atoms with van der Waals surface area (Å²) in [6.45, 7) is 2.08. The summed E-state index contributed by atoms with van der Waals surface area (Å²) in [6, 6.07) is 0. The molecule has 1 aromatic heterocycles. The topological polar surface area (TPSA) is 75.4 Å². The average molecular weight is 277 g/mol. The van der Waals surface area contributed by atoms with Crippen LogP contribution in [0.15, 0.2) is 17.3 Å². The number of β-amino-alcohol motifs (C(OH)–C–C–N with tert-alkyl or cyclic N) is 1. The quantitative estimate of drug-likeness (QED) is 0.840. The third-order valence-electron chi connectivity index (χ3n) is 2.89. The number of halogens is 1. The molecule has 1 saturated heterocycles. The van der Waals surface area contributed by atoms with Crippen molar-refractivity contribution < 1.29 is 17.9 Å². The molecule has 1 N–H and O–H groups in total. The molecular weight excluding hydrogens is 261 g/mol. The van der Waals surface area contributed by atoms with Crippen LogP contribution in [-0.4, -0.2) is 53.0 Å². The van der Waals surface area contributed by atoms with Crippen molar-refractivity contribution in [3.05, 3.63) is 12.4 Å². The zero-order valence-corrected chi connectivity index (χ0v) is 10.8. The normalized spacial score (nSPS) is 25.7. The summed E-state index contributed by atoms with van der Waals surface area (Å²) in [5.41, 5.74) is 0. The van der Waals surface area contributed by atoms with Gasteiger partial charge >= 0.3 is 0 Å². The van der Waals surface area contributed by atoms with Gasteiger partial charge in [0.2, 0.25) is 10.0 Å². The fourth-order valence-corrected chi connectivity index (χ4v) is 3.31. The number of aryl methyl sites for hydroxylation is 1. The Kier molecular flexibility index (Phi) is 3.69. The molecule has 2 atom stereocenters. The molecule has 0 radical (unpaired) electrons. The molecule has 102 valence electrons. The molecule has 1 aromatic rings. The van der Waals surface area contributed by atoms with Crippen LogP contribution in [0.25, 0.3) is 0 Å². The van der Waals surface area contributed by atoms with Crippen LogP contribution in [0.4, 0.5) is 4.39 Å². The number of hydrogen-bond acceptors (Lipinski definition) is 4. The minimum Gasteiger partial charge on any atom is -0.389 e. The Labute approximate surface area is 105 Å². The Morgan fingerprint density at radius 3 is 2.83 bits per heavy atom. The Morgan fingerprint density at radius 2 is 2.28 bits per heavy atom. The molecule has 0 amide bonds. The highest BCUT2D eigenvalue weighted by atomic mass is 32.2. The Balaban J connectivity index is 2.20. The predicted molar refractivity (Wildman–Crippen MR) is 62.2 cm³/mol. The number of aliphatic hydroxyl groups is 1. The largest absolute Gasteiger partial charge is 0.389 e. The van der Waals surface area contributed by atoms with E-state index in [9.17, 15) is 17.9 Å². The van der Waals surface area contributed by atoms with Crippen LogP contribution in [0, 0.1) is 0 Å². The third kappa shape index (κ3) is 2.40. The van der Waals surface area contributed by atoms with E-state index < -0.39 is 22.3 Å². The van der Waals surface area contributed by atoms with Crippen molar-refractivity contribution >= 4 is 10.0 Å². The van der Waals surface area contributed by atoms with E-state index in [1.54, 1.807) is 0 Å². The van der Waals surface area contributed by atoms with E-state index in [0.29, 0.717) is 6.54 Å². The zero-order valence-electron chi connectivity index (χ0n) is 10.0. The van der Waals surface area contributed by atoms with Crippen molar-refractivity contribution in [2.75, 3.05) is 13.1 Å². The van der Waals surface area contributed by atoms with Gasteiger partial charge in [-0.15, -0.1) is 0 Å². The molecule has 1 aliphatic rings. The van der Waals surface area contributed by atoms with Gasteiger partial charge in [0.15, 0.2) is 0 Å². The summed E-state index contributed by atoms with van der Waals surface area (Å²) < 4.78 is 39.9. The molecule has 0 saturated carbocycles. The Hall–Kier alpha value is -0.990. The van der Waals surface area contributed by atoms with Crippen molar-refractivity contribution in [1.29, 1.82) is 0 Å². The SMILES string of the molecule is CCCn1cc(S(=O)(=O)N2C[C@@H](O)[C@H](F)C2)cn1. The van der Waals surface area contributed by atoms with Crippen molar-refractivity contribution in [2.24, 2.45) is 0 Å². The van der Waals surface area contributed by atoms with Crippen LogP contribution in [0.3, 0.4) is 0 Å². The molecule has 2 rings (SSSR count). The van der Waals surface area contributed by atoms with E-state index in [0.717, 1.165) is 10.7 Å². The lowest BCUT2D eigenvalue weighted by Gasteiger charge is -2.13. The highest BCUT2D eigenvalue weighted by Crippen LogP contribution is 2.22. The van der Waals surface area contributed by atoms with Crippen LogP contribution >= 0.6 is 0 Å². The molecule has 0 bridgehead atoms. The van der Waals surface area contributed by atoms with Crippen molar-refractivity contribution in [3.8, 4) is 0 Å². The first-order valence-electron chi connectivity index (χ1n) is 5.80. The summed E-state index contributed by atoms with van der Waals surface area (Å²) in [7, 11) is -3.75. The van der Waals surface area contributed by atoms with E-state index in [4.69, 9.17) is 0 Å². The lowest BCUT2D eigenvalue weighted by atomic mass is 10.3. The fourth-order valence-electron chi connectivity index (χ4n) is 1.89. The van der Waals surface area contributed by atoms with Gasteiger partial charge in [-0.3, -0.25) is 4.68 Å². The van der Waals surface area contributed by atoms with Gasteiger partial charge in [0.1, 0.15) is 17.2 Å². The zero-order chi connectivity index (χ0) is 13.3.